The van der Waals surface area contributed by atoms with E-state index in [0.29, 0.717) is 34.8 Å². The molecular weight excluding hydrogens is 494 g/mol. The Hall–Kier alpha value is -3.68. The van der Waals surface area contributed by atoms with Gasteiger partial charge >= 0.3 is 5.97 Å². The number of hydrogen-bond acceptors (Lipinski definition) is 7. The van der Waals surface area contributed by atoms with Crippen LogP contribution in [0.3, 0.4) is 0 Å². The fraction of sp³-hybridized carbons (Fsp3) is 0.375. The number of ether oxygens (including phenoxy) is 3. The molecule has 1 heterocycles. The van der Waals surface area contributed by atoms with E-state index < -0.39 is 11.6 Å². The first-order valence-corrected chi connectivity index (χ1v) is 13.6. The van der Waals surface area contributed by atoms with Gasteiger partial charge in [-0.2, -0.15) is 0 Å². The average molecular weight is 530 g/mol. The Morgan fingerprint density at radius 1 is 1.03 bits per heavy atom. The third-order valence-electron chi connectivity index (χ3n) is 8.02. The summed E-state index contributed by atoms with van der Waals surface area (Å²) in [6.07, 6.45) is 3.90. The highest BCUT2D eigenvalue weighted by molar-refractivity contribution is 5.88. The molecule has 3 aromatic carbocycles. The maximum absolute atomic E-state index is 13.7. The van der Waals surface area contributed by atoms with Crippen molar-refractivity contribution in [3.8, 4) is 17.2 Å². The summed E-state index contributed by atoms with van der Waals surface area (Å²) < 4.78 is 17.9. The summed E-state index contributed by atoms with van der Waals surface area (Å²) in [4.78, 5) is 26.9. The molecule has 7 heteroatoms. The molecule has 1 saturated carbocycles. The summed E-state index contributed by atoms with van der Waals surface area (Å²) >= 11 is 0. The lowest BCUT2D eigenvalue weighted by molar-refractivity contribution is -0.170. The number of rotatable bonds is 10. The van der Waals surface area contributed by atoms with Crippen LogP contribution in [0.4, 0.5) is 0 Å². The molecule has 3 atom stereocenters. The van der Waals surface area contributed by atoms with Gasteiger partial charge in [0.15, 0.2) is 0 Å². The zero-order valence-corrected chi connectivity index (χ0v) is 22.4. The molecule has 0 radical (unpaired) electrons. The molecule has 1 aliphatic heterocycles. The number of para-hydroxylation sites is 2. The van der Waals surface area contributed by atoms with E-state index in [4.69, 9.17) is 14.2 Å². The van der Waals surface area contributed by atoms with Crippen molar-refractivity contribution in [3.05, 3.63) is 89.5 Å². The molecule has 1 aliphatic carbocycles. The maximum atomic E-state index is 13.7. The van der Waals surface area contributed by atoms with Crippen molar-refractivity contribution in [3.63, 3.8) is 0 Å². The second-order valence-corrected chi connectivity index (χ2v) is 10.3. The maximum Gasteiger partial charge on any atom is 0.348 e. The number of carbonyl (C=O) groups is 2. The highest BCUT2D eigenvalue weighted by atomic mass is 16.6. The van der Waals surface area contributed by atoms with Gasteiger partial charge in [0.1, 0.15) is 29.6 Å². The number of esters is 1. The van der Waals surface area contributed by atoms with Crippen LogP contribution in [0.5, 0.6) is 17.2 Å². The van der Waals surface area contributed by atoms with E-state index in [2.05, 4.69) is 18.9 Å². The first-order valence-electron chi connectivity index (χ1n) is 13.6. The highest BCUT2D eigenvalue weighted by Crippen LogP contribution is 2.48. The summed E-state index contributed by atoms with van der Waals surface area (Å²) in [6, 6.07) is 21.5. The predicted octanol–water partition coefficient (Wildman–Crippen LogP) is 5.34. The fourth-order valence-corrected chi connectivity index (χ4v) is 5.97. The lowest BCUT2D eigenvalue weighted by atomic mass is 9.83. The molecular formula is C32H35NO6. The van der Waals surface area contributed by atoms with Gasteiger partial charge < -0.3 is 24.2 Å². The molecule has 7 nitrogen and oxygen atoms in total. The quantitative estimate of drug-likeness (QED) is 0.216. The van der Waals surface area contributed by atoms with Crippen LogP contribution >= 0.6 is 0 Å². The zero-order chi connectivity index (χ0) is 27.4. The second-order valence-electron chi connectivity index (χ2n) is 10.3. The molecule has 39 heavy (non-hydrogen) atoms. The Bertz CT molecular complexity index is 1260. The SMILES string of the molecule is CCC1C(OC(=O)C2(O)c3ccccc3Oc3ccccc32)CCC1N(C)CCCOc1ccc(C=O)cc1. The first kappa shape index (κ1) is 26.9. The van der Waals surface area contributed by atoms with E-state index >= 15 is 0 Å². The van der Waals surface area contributed by atoms with Crippen LogP contribution in [0.25, 0.3) is 0 Å². The molecule has 3 unspecified atom stereocenters. The molecule has 1 fully saturated rings. The topological polar surface area (TPSA) is 85.3 Å². The Labute approximate surface area is 229 Å². The van der Waals surface area contributed by atoms with Crippen LogP contribution in [0, 0.1) is 5.92 Å². The standard InChI is InChI=1S/C32H35NO6/c1-3-24-27(33(2)19-8-20-37-23-15-13-22(21-34)14-16-23)17-18-28(24)39-31(35)32(36)25-9-4-6-11-29(25)38-30-12-7-5-10-26(30)32/h4-7,9-16,21,24,27-28,36H,3,8,17-20H2,1-2H3. The number of hydrogen-bond donors (Lipinski definition) is 1. The van der Waals surface area contributed by atoms with Gasteiger partial charge in [-0.05, 0) is 69.1 Å². The van der Waals surface area contributed by atoms with Gasteiger partial charge in [-0.1, -0.05) is 43.3 Å². The summed E-state index contributed by atoms with van der Waals surface area (Å²) in [5.74, 6) is 1.15. The Balaban J connectivity index is 1.22. The molecule has 0 amide bonds. The van der Waals surface area contributed by atoms with Crippen LogP contribution in [-0.4, -0.2) is 54.6 Å². The third-order valence-corrected chi connectivity index (χ3v) is 8.02. The number of nitrogens with zero attached hydrogens (tertiary/aromatic N) is 1. The van der Waals surface area contributed by atoms with E-state index in [1.54, 1.807) is 60.7 Å². The smallest absolute Gasteiger partial charge is 0.348 e. The largest absolute Gasteiger partial charge is 0.494 e. The van der Waals surface area contributed by atoms with E-state index in [0.717, 1.165) is 44.3 Å². The molecule has 0 bridgehead atoms. The Kier molecular flexibility index (Phi) is 8.00. The van der Waals surface area contributed by atoms with Gasteiger partial charge in [-0.25, -0.2) is 4.79 Å². The van der Waals surface area contributed by atoms with Crippen molar-refractivity contribution in [2.24, 2.45) is 5.92 Å². The van der Waals surface area contributed by atoms with Crippen molar-refractivity contribution in [1.82, 2.24) is 4.90 Å². The Morgan fingerprint density at radius 3 is 2.28 bits per heavy atom. The van der Waals surface area contributed by atoms with Gasteiger partial charge in [0, 0.05) is 35.2 Å². The lowest BCUT2D eigenvalue weighted by Gasteiger charge is -2.36. The molecule has 3 aromatic rings. The minimum Gasteiger partial charge on any atom is -0.494 e. The summed E-state index contributed by atoms with van der Waals surface area (Å²) in [5, 5.41) is 11.9. The van der Waals surface area contributed by atoms with E-state index in [1.165, 1.54) is 0 Å². The van der Waals surface area contributed by atoms with Crippen molar-refractivity contribution < 1.29 is 28.9 Å². The van der Waals surface area contributed by atoms with Crippen molar-refractivity contribution in [2.75, 3.05) is 20.2 Å². The van der Waals surface area contributed by atoms with Gasteiger partial charge in [-0.15, -0.1) is 0 Å². The number of aldehydes is 1. The van der Waals surface area contributed by atoms with Gasteiger partial charge in [0.05, 0.1) is 6.61 Å². The minimum atomic E-state index is -1.94. The van der Waals surface area contributed by atoms with Crippen LogP contribution < -0.4 is 9.47 Å². The van der Waals surface area contributed by atoms with E-state index in [1.807, 2.05) is 12.1 Å². The average Bonchev–Trinajstić information content (AvgIpc) is 3.38. The van der Waals surface area contributed by atoms with E-state index in [9.17, 15) is 14.7 Å². The minimum absolute atomic E-state index is 0.157. The van der Waals surface area contributed by atoms with Crippen molar-refractivity contribution in [1.29, 1.82) is 0 Å². The monoisotopic (exact) mass is 529 g/mol. The summed E-state index contributed by atoms with van der Waals surface area (Å²) in [5.41, 5.74) is -0.514. The highest BCUT2D eigenvalue weighted by Gasteiger charge is 2.50. The van der Waals surface area contributed by atoms with Crippen LogP contribution in [0.1, 0.15) is 54.1 Å². The molecule has 0 aromatic heterocycles. The molecule has 2 aliphatic rings. The van der Waals surface area contributed by atoms with Crippen LogP contribution in [0.2, 0.25) is 0 Å². The zero-order valence-electron chi connectivity index (χ0n) is 22.4. The molecule has 1 N–H and O–H groups in total. The molecule has 0 spiro atoms. The van der Waals surface area contributed by atoms with Crippen LogP contribution in [0.15, 0.2) is 72.8 Å². The third kappa shape index (κ3) is 5.29. The lowest BCUT2D eigenvalue weighted by Crippen LogP contribution is -2.44. The molecule has 0 saturated heterocycles. The molecule has 204 valence electrons. The number of carbonyl (C=O) groups excluding carboxylic acids is 2. The van der Waals surface area contributed by atoms with Gasteiger partial charge in [0.25, 0.3) is 0 Å². The first-order chi connectivity index (χ1) is 19.0. The summed E-state index contributed by atoms with van der Waals surface area (Å²) in [6.45, 7) is 3.54. The summed E-state index contributed by atoms with van der Waals surface area (Å²) in [7, 11) is 2.11. The van der Waals surface area contributed by atoms with Gasteiger partial charge in [0.2, 0.25) is 5.60 Å². The van der Waals surface area contributed by atoms with Crippen LogP contribution in [-0.2, 0) is 15.1 Å². The number of aliphatic hydroxyl groups is 1. The van der Waals surface area contributed by atoms with E-state index in [-0.39, 0.29) is 18.1 Å². The number of fused-ring (bicyclic) bond motifs is 2. The fourth-order valence-electron chi connectivity index (χ4n) is 5.97. The predicted molar refractivity (Wildman–Crippen MR) is 147 cm³/mol. The molecule has 5 rings (SSSR count). The van der Waals surface area contributed by atoms with Crippen molar-refractivity contribution in [2.45, 2.75) is 50.4 Å². The Morgan fingerprint density at radius 2 is 1.67 bits per heavy atom. The number of benzene rings is 3. The normalized spacial score (nSPS) is 21.0. The van der Waals surface area contributed by atoms with Crippen molar-refractivity contribution >= 4 is 12.3 Å². The second kappa shape index (κ2) is 11.6. The van der Waals surface area contributed by atoms with Gasteiger partial charge in [-0.3, -0.25) is 4.79 Å².